The number of rotatable bonds is 4. The minimum absolute atomic E-state index is 0.625. The van der Waals surface area contributed by atoms with Crippen LogP contribution >= 0.6 is 24.0 Å². The maximum Gasteiger partial charge on any atom is 0.164 e. The standard InChI is InChI=1S/C33H21N3S2/c37-27-16-9-15-26(30(27)21-10-3-1-4-11-21)33-35-31(22-12-5-2-6-13-22)34-32(36-33)23-18-19-25-24-14-7-8-17-28(24)38-29(25)20-23/h1-20,37H. The Hall–Kier alpha value is -4.32. The zero-order valence-corrected chi connectivity index (χ0v) is 22.0. The third kappa shape index (κ3) is 4.06. The molecule has 0 fully saturated rings. The number of hydrogen-bond donors (Lipinski definition) is 1. The second kappa shape index (κ2) is 9.53. The van der Waals surface area contributed by atoms with Crippen molar-refractivity contribution >= 4 is 44.1 Å². The Morgan fingerprint density at radius 3 is 1.89 bits per heavy atom. The van der Waals surface area contributed by atoms with Gasteiger partial charge >= 0.3 is 0 Å². The molecule has 7 rings (SSSR count). The van der Waals surface area contributed by atoms with Crippen LogP contribution in [-0.4, -0.2) is 15.0 Å². The average molecular weight is 524 g/mol. The van der Waals surface area contributed by atoms with Crippen molar-refractivity contribution in [1.82, 2.24) is 15.0 Å². The second-order valence-electron chi connectivity index (χ2n) is 9.05. The molecule has 0 unspecified atom stereocenters. The van der Waals surface area contributed by atoms with Gasteiger partial charge in [0.25, 0.3) is 0 Å². The van der Waals surface area contributed by atoms with Crippen molar-refractivity contribution < 1.29 is 0 Å². The number of thiol groups is 1. The lowest BCUT2D eigenvalue weighted by atomic mass is 9.99. The zero-order valence-electron chi connectivity index (χ0n) is 20.2. The van der Waals surface area contributed by atoms with Gasteiger partial charge in [0.1, 0.15) is 0 Å². The summed E-state index contributed by atoms with van der Waals surface area (Å²) in [6.45, 7) is 0. The monoisotopic (exact) mass is 523 g/mol. The lowest BCUT2D eigenvalue weighted by Gasteiger charge is -2.13. The molecule has 38 heavy (non-hydrogen) atoms. The summed E-state index contributed by atoms with van der Waals surface area (Å²) in [6.07, 6.45) is 0. The van der Waals surface area contributed by atoms with E-state index in [1.807, 2.05) is 60.7 Å². The van der Waals surface area contributed by atoms with E-state index in [0.29, 0.717) is 17.5 Å². The first-order chi connectivity index (χ1) is 18.7. The van der Waals surface area contributed by atoms with Crippen molar-refractivity contribution in [1.29, 1.82) is 0 Å². The Balaban J connectivity index is 1.46. The fourth-order valence-corrected chi connectivity index (χ4v) is 6.32. The Labute approximate surface area is 229 Å². The fraction of sp³-hybridized carbons (Fsp3) is 0. The number of aromatic nitrogens is 3. The van der Waals surface area contributed by atoms with Crippen LogP contribution in [-0.2, 0) is 0 Å². The number of nitrogens with zero attached hydrogens (tertiary/aromatic N) is 3. The second-order valence-corrected chi connectivity index (χ2v) is 10.6. The molecule has 0 aliphatic carbocycles. The quantitative estimate of drug-likeness (QED) is 0.234. The van der Waals surface area contributed by atoms with Crippen molar-refractivity contribution in [3.05, 3.63) is 121 Å². The van der Waals surface area contributed by atoms with Gasteiger partial charge in [0, 0.05) is 47.3 Å². The van der Waals surface area contributed by atoms with Crippen LogP contribution in [0.3, 0.4) is 0 Å². The summed E-state index contributed by atoms with van der Waals surface area (Å²) in [6, 6.07) is 41.4. The van der Waals surface area contributed by atoms with Gasteiger partial charge in [0.05, 0.1) is 0 Å². The van der Waals surface area contributed by atoms with Crippen LogP contribution in [0.25, 0.3) is 65.5 Å². The van der Waals surface area contributed by atoms with Crippen LogP contribution in [0, 0.1) is 0 Å². The van der Waals surface area contributed by atoms with E-state index in [1.165, 1.54) is 20.2 Å². The van der Waals surface area contributed by atoms with Crippen LogP contribution in [0.4, 0.5) is 0 Å². The van der Waals surface area contributed by atoms with E-state index in [1.54, 1.807) is 11.3 Å². The summed E-state index contributed by atoms with van der Waals surface area (Å²) in [5.41, 5.74) is 4.92. The van der Waals surface area contributed by atoms with E-state index >= 15 is 0 Å². The Kier molecular flexibility index (Phi) is 5.73. The third-order valence-corrected chi connectivity index (χ3v) is 8.16. The number of hydrogen-bond acceptors (Lipinski definition) is 5. The molecule has 5 aromatic carbocycles. The fourth-order valence-electron chi connectivity index (χ4n) is 4.84. The summed E-state index contributed by atoms with van der Waals surface area (Å²) in [7, 11) is 0. The molecule has 0 bridgehead atoms. The molecule has 2 heterocycles. The predicted molar refractivity (Wildman–Crippen MR) is 162 cm³/mol. The normalized spacial score (nSPS) is 11.3. The smallest absolute Gasteiger partial charge is 0.164 e. The minimum Gasteiger partial charge on any atom is -0.208 e. The molecule has 2 aromatic heterocycles. The summed E-state index contributed by atoms with van der Waals surface area (Å²) in [4.78, 5) is 15.8. The first-order valence-electron chi connectivity index (χ1n) is 12.4. The number of benzene rings is 5. The van der Waals surface area contributed by atoms with Crippen LogP contribution in [0.2, 0.25) is 0 Å². The van der Waals surface area contributed by atoms with Crippen LogP contribution in [0.5, 0.6) is 0 Å². The molecule has 0 aliphatic heterocycles. The highest BCUT2D eigenvalue weighted by Crippen LogP contribution is 2.38. The van der Waals surface area contributed by atoms with Crippen molar-refractivity contribution in [2.24, 2.45) is 0 Å². The van der Waals surface area contributed by atoms with Gasteiger partial charge in [-0.05, 0) is 23.8 Å². The number of fused-ring (bicyclic) bond motifs is 3. The van der Waals surface area contributed by atoms with Gasteiger partial charge in [-0.3, -0.25) is 0 Å². The Morgan fingerprint density at radius 1 is 0.474 bits per heavy atom. The largest absolute Gasteiger partial charge is 0.208 e. The third-order valence-electron chi connectivity index (χ3n) is 6.65. The molecule has 0 spiro atoms. The highest BCUT2D eigenvalue weighted by atomic mass is 32.1. The summed E-state index contributed by atoms with van der Waals surface area (Å²) >= 11 is 6.61. The molecular formula is C33H21N3S2. The summed E-state index contributed by atoms with van der Waals surface area (Å²) in [5, 5.41) is 2.53. The van der Waals surface area contributed by atoms with E-state index in [4.69, 9.17) is 27.6 Å². The van der Waals surface area contributed by atoms with E-state index < -0.39 is 0 Å². The molecule has 0 radical (unpaired) electrons. The predicted octanol–water partition coefficient (Wildman–Crippen LogP) is 9.20. The van der Waals surface area contributed by atoms with Gasteiger partial charge in [-0.1, -0.05) is 103 Å². The van der Waals surface area contributed by atoms with E-state index in [9.17, 15) is 0 Å². The molecule has 0 atom stereocenters. The zero-order chi connectivity index (χ0) is 25.5. The van der Waals surface area contributed by atoms with Gasteiger partial charge in [0.15, 0.2) is 17.5 Å². The van der Waals surface area contributed by atoms with E-state index in [0.717, 1.165) is 32.7 Å². The molecule has 5 heteroatoms. The topological polar surface area (TPSA) is 38.7 Å². The van der Waals surface area contributed by atoms with Crippen molar-refractivity contribution in [3.63, 3.8) is 0 Å². The van der Waals surface area contributed by atoms with Crippen molar-refractivity contribution in [3.8, 4) is 45.3 Å². The van der Waals surface area contributed by atoms with Gasteiger partial charge in [-0.2, -0.15) is 0 Å². The molecule has 0 saturated carbocycles. The molecule has 0 saturated heterocycles. The van der Waals surface area contributed by atoms with E-state index in [2.05, 4.69) is 60.7 Å². The Bertz CT molecular complexity index is 1930. The van der Waals surface area contributed by atoms with Crippen molar-refractivity contribution in [2.75, 3.05) is 0 Å². The highest BCUT2D eigenvalue weighted by molar-refractivity contribution is 7.80. The van der Waals surface area contributed by atoms with Crippen LogP contribution in [0.15, 0.2) is 126 Å². The maximum atomic E-state index is 5.04. The molecule has 7 aromatic rings. The highest BCUT2D eigenvalue weighted by Gasteiger charge is 2.17. The van der Waals surface area contributed by atoms with E-state index in [-0.39, 0.29) is 0 Å². The molecule has 180 valence electrons. The van der Waals surface area contributed by atoms with Crippen molar-refractivity contribution in [2.45, 2.75) is 4.90 Å². The van der Waals surface area contributed by atoms with Crippen LogP contribution in [0.1, 0.15) is 0 Å². The van der Waals surface area contributed by atoms with Gasteiger partial charge in [-0.25, -0.2) is 15.0 Å². The average Bonchev–Trinajstić information content (AvgIpc) is 3.36. The lowest BCUT2D eigenvalue weighted by Crippen LogP contribution is -2.01. The first kappa shape index (κ1) is 22.8. The van der Waals surface area contributed by atoms with Gasteiger partial charge < -0.3 is 0 Å². The minimum atomic E-state index is 0.625. The molecule has 3 nitrogen and oxygen atoms in total. The first-order valence-corrected chi connectivity index (χ1v) is 13.6. The molecular weight excluding hydrogens is 503 g/mol. The lowest BCUT2D eigenvalue weighted by molar-refractivity contribution is 1.07. The SMILES string of the molecule is Sc1cccc(-c2nc(-c3ccccc3)nc(-c3ccc4c(c3)sc3ccccc34)n2)c1-c1ccccc1. The molecule has 0 N–H and O–H groups in total. The summed E-state index contributed by atoms with van der Waals surface area (Å²) < 4.78 is 2.49. The maximum absolute atomic E-state index is 5.04. The van der Waals surface area contributed by atoms with Crippen LogP contribution < -0.4 is 0 Å². The Morgan fingerprint density at radius 2 is 1.11 bits per heavy atom. The summed E-state index contributed by atoms with van der Waals surface area (Å²) in [5.74, 6) is 1.92. The van der Waals surface area contributed by atoms with Gasteiger partial charge in [-0.15, -0.1) is 24.0 Å². The molecule has 0 aliphatic rings. The number of thiophene rings is 1. The molecule has 0 amide bonds. The van der Waals surface area contributed by atoms with Gasteiger partial charge in [0.2, 0.25) is 0 Å².